The maximum absolute atomic E-state index is 12.4. The van der Waals surface area contributed by atoms with Crippen molar-refractivity contribution in [2.45, 2.75) is 52.9 Å². The SMILES string of the molecule is Cc1cc(C)c(NC(=O)CCN2C(=O)[C@H]3CCCC[C@@H]3C2=O)c(C)c1. The molecule has 0 unspecified atom stereocenters. The molecule has 0 spiro atoms. The molecule has 25 heavy (non-hydrogen) atoms. The summed E-state index contributed by atoms with van der Waals surface area (Å²) >= 11 is 0. The summed E-state index contributed by atoms with van der Waals surface area (Å²) in [5.41, 5.74) is 4.02. The van der Waals surface area contributed by atoms with Crippen LogP contribution >= 0.6 is 0 Å². The van der Waals surface area contributed by atoms with E-state index in [9.17, 15) is 14.4 Å². The maximum Gasteiger partial charge on any atom is 0.233 e. The summed E-state index contributed by atoms with van der Waals surface area (Å²) in [6, 6.07) is 4.06. The van der Waals surface area contributed by atoms with Crippen LogP contribution in [0.3, 0.4) is 0 Å². The van der Waals surface area contributed by atoms with Crippen LogP contribution in [0.25, 0.3) is 0 Å². The highest BCUT2D eigenvalue weighted by atomic mass is 16.2. The zero-order valence-electron chi connectivity index (χ0n) is 15.2. The van der Waals surface area contributed by atoms with Crippen molar-refractivity contribution in [1.29, 1.82) is 0 Å². The van der Waals surface area contributed by atoms with Crippen molar-refractivity contribution in [2.75, 3.05) is 11.9 Å². The molecule has 5 nitrogen and oxygen atoms in total. The van der Waals surface area contributed by atoms with Gasteiger partial charge in [0.05, 0.1) is 11.8 Å². The number of anilines is 1. The third-order valence-corrected chi connectivity index (χ3v) is 5.44. The highest BCUT2D eigenvalue weighted by Crippen LogP contribution is 2.38. The third-order valence-electron chi connectivity index (χ3n) is 5.44. The van der Waals surface area contributed by atoms with Gasteiger partial charge in [0, 0.05) is 18.7 Å². The number of hydrogen-bond donors (Lipinski definition) is 1. The number of hydrogen-bond acceptors (Lipinski definition) is 3. The van der Waals surface area contributed by atoms with Crippen LogP contribution in [0.4, 0.5) is 5.69 Å². The van der Waals surface area contributed by atoms with E-state index in [0.29, 0.717) is 0 Å². The minimum absolute atomic E-state index is 0.0785. The molecular weight excluding hydrogens is 316 g/mol. The zero-order valence-corrected chi connectivity index (χ0v) is 15.2. The van der Waals surface area contributed by atoms with Gasteiger partial charge in [-0.15, -0.1) is 0 Å². The lowest BCUT2D eigenvalue weighted by molar-refractivity contribution is -0.140. The lowest BCUT2D eigenvalue weighted by Gasteiger charge is -2.19. The number of aryl methyl sites for hydroxylation is 3. The Morgan fingerprint density at radius 3 is 2.08 bits per heavy atom. The number of amides is 3. The highest BCUT2D eigenvalue weighted by Gasteiger charge is 2.47. The van der Waals surface area contributed by atoms with E-state index >= 15 is 0 Å². The second-order valence-electron chi connectivity index (χ2n) is 7.40. The van der Waals surface area contributed by atoms with Gasteiger partial charge >= 0.3 is 0 Å². The van der Waals surface area contributed by atoms with E-state index in [1.165, 1.54) is 4.90 Å². The molecule has 1 aromatic rings. The summed E-state index contributed by atoms with van der Waals surface area (Å²) in [6.45, 7) is 6.14. The van der Waals surface area contributed by atoms with E-state index in [0.717, 1.165) is 48.1 Å². The van der Waals surface area contributed by atoms with E-state index in [4.69, 9.17) is 0 Å². The Bertz CT molecular complexity index is 679. The molecular formula is C20H26N2O3. The molecule has 2 aliphatic rings. The van der Waals surface area contributed by atoms with E-state index in [1.807, 2.05) is 32.9 Å². The van der Waals surface area contributed by atoms with Crippen LogP contribution in [0.5, 0.6) is 0 Å². The number of carbonyl (C=O) groups excluding carboxylic acids is 3. The van der Waals surface area contributed by atoms with Gasteiger partial charge in [-0.2, -0.15) is 0 Å². The van der Waals surface area contributed by atoms with E-state index < -0.39 is 0 Å². The van der Waals surface area contributed by atoms with Crippen molar-refractivity contribution in [3.05, 3.63) is 28.8 Å². The lowest BCUT2D eigenvalue weighted by atomic mass is 9.81. The van der Waals surface area contributed by atoms with Crippen LogP contribution in [0.2, 0.25) is 0 Å². The predicted octanol–water partition coefficient (Wildman–Crippen LogP) is 3.12. The Morgan fingerprint density at radius 2 is 1.56 bits per heavy atom. The van der Waals surface area contributed by atoms with Crippen molar-refractivity contribution >= 4 is 23.4 Å². The molecule has 1 aliphatic carbocycles. The van der Waals surface area contributed by atoms with Gasteiger partial charge in [-0.25, -0.2) is 0 Å². The van der Waals surface area contributed by atoms with E-state index in [-0.39, 0.29) is 42.5 Å². The molecule has 0 radical (unpaired) electrons. The third kappa shape index (κ3) is 3.46. The van der Waals surface area contributed by atoms with Crippen LogP contribution < -0.4 is 5.32 Å². The zero-order chi connectivity index (χ0) is 18.1. The van der Waals surface area contributed by atoms with Crippen LogP contribution in [0, 0.1) is 32.6 Å². The Kier molecular flexibility index (Phi) is 4.93. The normalized spacial score (nSPS) is 22.9. The number of nitrogens with zero attached hydrogens (tertiary/aromatic N) is 1. The molecule has 1 aliphatic heterocycles. The van der Waals surface area contributed by atoms with Gasteiger partial charge in [0.15, 0.2) is 0 Å². The van der Waals surface area contributed by atoms with Crippen LogP contribution in [-0.4, -0.2) is 29.2 Å². The molecule has 134 valence electrons. The number of imide groups is 1. The monoisotopic (exact) mass is 342 g/mol. The number of benzene rings is 1. The molecule has 0 aromatic heterocycles. The lowest BCUT2D eigenvalue weighted by Crippen LogP contribution is -2.34. The van der Waals surface area contributed by atoms with Gasteiger partial charge in [0.2, 0.25) is 17.7 Å². The standard InChI is InChI=1S/C20H26N2O3/c1-12-10-13(2)18(14(3)11-12)21-17(23)8-9-22-19(24)15-6-4-5-7-16(15)20(22)25/h10-11,15-16H,4-9H2,1-3H3,(H,21,23)/t15-,16-/m0/s1. The van der Waals surface area contributed by atoms with Crippen molar-refractivity contribution in [3.8, 4) is 0 Å². The molecule has 0 bridgehead atoms. The summed E-state index contributed by atoms with van der Waals surface area (Å²) in [7, 11) is 0. The largest absolute Gasteiger partial charge is 0.326 e. The molecule has 1 aromatic carbocycles. The van der Waals surface area contributed by atoms with Crippen molar-refractivity contribution < 1.29 is 14.4 Å². The van der Waals surface area contributed by atoms with Gasteiger partial charge in [0.1, 0.15) is 0 Å². The Hall–Kier alpha value is -2.17. The van der Waals surface area contributed by atoms with Gasteiger partial charge in [-0.3, -0.25) is 19.3 Å². The Balaban J connectivity index is 1.61. The summed E-state index contributed by atoms with van der Waals surface area (Å²) in [6.07, 6.45) is 3.78. The van der Waals surface area contributed by atoms with Gasteiger partial charge in [-0.1, -0.05) is 30.5 Å². The number of likely N-dealkylation sites (tertiary alicyclic amines) is 1. The first kappa shape index (κ1) is 17.6. The van der Waals surface area contributed by atoms with Crippen LogP contribution in [0.1, 0.15) is 48.8 Å². The summed E-state index contributed by atoms with van der Waals surface area (Å²) in [5, 5.41) is 2.93. The fraction of sp³-hybridized carbons (Fsp3) is 0.550. The second kappa shape index (κ2) is 6.98. The molecule has 1 saturated heterocycles. The van der Waals surface area contributed by atoms with Crippen LogP contribution in [-0.2, 0) is 14.4 Å². The number of rotatable bonds is 4. The predicted molar refractivity (Wildman–Crippen MR) is 96.1 cm³/mol. The summed E-state index contributed by atoms with van der Waals surface area (Å²) < 4.78 is 0. The van der Waals surface area contributed by atoms with Gasteiger partial charge in [0.25, 0.3) is 0 Å². The molecule has 1 saturated carbocycles. The summed E-state index contributed by atoms with van der Waals surface area (Å²) in [5.74, 6) is -0.613. The van der Waals surface area contributed by atoms with Crippen molar-refractivity contribution in [3.63, 3.8) is 0 Å². The molecule has 1 N–H and O–H groups in total. The number of carbonyl (C=O) groups is 3. The minimum Gasteiger partial charge on any atom is -0.326 e. The topological polar surface area (TPSA) is 66.5 Å². The Morgan fingerprint density at radius 1 is 1.04 bits per heavy atom. The average molecular weight is 342 g/mol. The molecule has 3 rings (SSSR count). The first-order valence-corrected chi connectivity index (χ1v) is 9.11. The Labute approximate surface area is 148 Å². The molecule has 5 heteroatoms. The minimum atomic E-state index is -0.162. The smallest absolute Gasteiger partial charge is 0.233 e. The maximum atomic E-state index is 12.4. The summed E-state index contributed by atoms with van der Waals surface area (Å²) in [4.78, 5) is 38.5. The molecule has 3 amide bonds. The van der Waals surface area contributed by atoms with E-state index in [1.54, 1.807) is 0 Å². The van der Waals surface area contributed by atoms with Crippen molar-refractivity contribution in [1.82, 2.24) is 4.90 Å². The van der Waals surface area contributed by atoms with E-state index in [2.05, 4.69) is 5.32 Å². The molecule has 2 atom stereocenters. The number of nitrogens with one attached hydrogen (secondary N) is 1. The van der Waals surface area contributed by atoms with Crippen LogP contribution in [0.15, 0.2) is 12.1 Å². The average Bonchev–Trinajstić information content (AvgIpc) is 2.81. The molecule has 2 fully saturated rings. The first-order valence-electron chi connectivity index (χ1n) is 9.11. The number of fused-ring (bicyclic) bond motifs is 1. The fourth-order valence-corrected chi connectivity index (χ4v) is 4.24. The second-order valence-corrected chi connectivity index (χ2v) is 7.40. The van der Waals surface area contributed by atoms with Gasteiger partial charge < -0.3 is 5.32 Å². The van der Waals surface area contributed by atoms with Crippen molar-refractivity contribution in [2.24, 2.45) is 11.8 Å². The fourth-order valence-electron chi connectivity index (χ4n) is 4.24. The first-order chi connectivity index (χ1) is 11.9. The molecule has 1 heterocycles. The van der Waals surface area contributed by atoms with Gasteiger partial charge in [-0.05, 0) is 44.7 Å². The quantitative estimate of drug-likeness (QED) is 0.855. The highest BCUT2D eigenvalue weighted by molar-refractivity contribution is 6.05.